The molecule has 6 N–H and O–H groups in total. The Hall–Kier alpha value is -0.400. The van der Waals surface area contributed by atoms with Crippen LogP contribution in [0.15, 0.2) is 0 Å². The Morgan fingerprint density at radius 3 is 2.33 bits per heavy atom. The van der Waals surface area contributed by atoms with Gasteiger partial charge in [-0.15, -0.1) is 0 Å². The van der Waals surface area contributed by atoms with Gasteiger partial charge in [-0.05, 0) is 91.8 Å². The van der Waals surface area contributed by atoms with E-state index in [-0.39, 0.29) is 35.4 Å². The molecule has 7 fully saturated rings. The molecule has 0 aromatic carbocycles. The molecule has 3 aliphatic heterocycles. The summed E-state index contributed by atoms with van der Waals surface area (Å²) >= 11 is 0. The van der Waals surface area contributed by atoms with Gasteiger partial charge >= 0.3 is 0 Å². The Labute approximate surface area is 255 Å². The van der Waals surface area contributed by atoms with E-state index in [4.69, 9.17) is 18.9 Å². The molecule has 7 rings (SSSR count). The first-order valence-corrected chi connectivity index (χ1v) is 17.0. The SMILES string of the molecule is C[C@H]1CO[C@@]2(O[C@H]3C[C@H]4[C@@H]5CC[C@H]6C[C@@H](O)CC[C@]6(C)[C@H]5CC[C@]4(C)[C@H]3[C@@H]2C)[C@@H](O)[C@@H]1O[C@@H]1O[C@H](CO)[C@H](O)[C@H](O)[C@H]1O. The molecule has 246 valence electrons. The van der Waals surface area contributed by atoms with Gasteiger partial charge < -0.3 is 49.6 Å². The third-order valence-electron chi connectivity index (χ3n) is 14.2. The summed E-state index contributed by atoms with van der Waals surface area (Å²) in [5, 5.41) is 63.1. The Kier molecular flexibility index (Phi) is 7.86. The Morgan fingerprint density at radius 2 is 1.58 bits per heavy atom. The summed E-state index contributed by atoms with van der Waals surface area (Å²) in [5.41, 5.74) is 0.383. The van der Waals surface area contributed by atoms with Crippen LogP contribution in [0.25, 0.3) is 0 Å². The zero-order chi connectivity index (χ0) is 30.6. The zero-order valence-corrected chi connectivity index (χ0v) is 26.1. The Morgan fingerprint density at radius 1 is 0.837 bits per heavy atom. The summed E-state index contributed by atoms with van der Waals surface area (Å²) in [4.78, 5) is 0. The second-order valence-corrected chi connectivity index (χ2v) is 16.1. The zero-order valence-electron chi connectivity index (χ0n) is 26.1. The Balaban J connectivity index is 1.10. The maximum absolute atomic E-state index is 11.9. The Bertz CT molecular complexity index is 1040. The fourth-order valence-corrected chi connectivity index (χ4v) is 11.9. The number of hydrogen-bond donors (Lipinski definition) is 6. The lowest BCUT2D eigenvalue weighted by Gasteiger charge is -2.61. The molecule has 10 heteroatoms. The summed E-state index contributed by atoms with van der Waals surface area (Å²) < 4.78 is 25.1. The molecule has 19 atom stereocenters. The monoisotopic (exact) mass is 610 g/mol. The minimum Gasteiger partial charge on any atom is -0.394 e. The van der Waals surface area contributed by atoms with E-state index in [1.807, 2.05) is 6.92 Å². The van der Waals surface area contributed by atoms with E-state index < -0.39 is 55.3 Å². The molecule has 0 bridgehead atoms. The predicted octanol–water partition coefficient (Wildman–Crippen LogP) is 1.56. The summed E-state index contributed by atoms with van der Waals surface area (Å²) in [7, 11) is 0. The second-order valence-electron chi connectivity index (χ2n) is 16.1. The third kappa shape index (κ3) is 4.41. The fourth-order valence-electron chi connectivity index (χ4n) is 11.9. The highest BCUT2D eigenvalue weighted by Crippen LogP contribution is 2.71. The lowest BCUT2D eigenvalue weighted by molar-refractivity contribution is -0.374. The minimum absolute atomic E-state index is 0.0292. The normalized spacial score (nSPS) is 61.5. The number of fused-ring (bicyclic) bond motifs is 7. The maximum Gasteiger partial charge on any atom is 0.200 e. The van der Waals surface area contributed by atoms with Crippen molar-refractivity contribution >= 4 is 0 Å². The van der Waals surface area contributed by atoms with E-state index in [9.17, 15) is 30.6 Å². The van der Waals surface area contributed by atoms with Crippen LogP contribution in [0.4, 0.5) is 0 Å². The molecule has 43 heavy (non-hydrogen) atoms. The lowest BCUT2D eigenvalue weighted by Crippen LogP contribution is -2.65. The second kappa shape index (κ2) is 10.8. The van der Waals surface area contributed by atoms with Gasteiger partial charge in [0.15, 0.2) is 12.1 Å². The lowest BCUT2D eigenvalue weighted by atomic mass is 9.44. The number of hydrogen-bond acceptors (Lipinski definition) is 10. The molecule has 0 amide bonds. The first-order chi connectivity index (χ1) is 20.4. The highest BCUT2D eigenvalue weighted by Gasteiger charge is 2.72. The summed E-state index contributed by atoms with van der Waals surface area (Å²) in [6, 6.07) is 0. The van der Waals surface area contributed by atoms with Crippen molar-refractivity contribution in [3.05, 3.63) is 0 Å². The van der Waals surface area contributed by atoms with E-state index in [1.54, 1.807) is 0 Å². The van der Waals surface area contributed by atoms with Crippen LogP contribution in [0.3, 0.4) is 0 Å². The van der Waals surface area contributed by atoms with Gasteiger partial charge in [0.25, 0.3) is 0 Å². The average molecular weight is 611 g/mol. The molecule has 4 saturated carbocycles. The molecule has 0 aromatic heterocycles. The van der Waals surface area contributed by atoms with Gasteiger partial charge in [0.1, 0.15) is 30.5 Å². The summed E-state index contributed by atoms with van der Waals surface area (Å²) in [6.45, 7) is 8.75. The van der Waals surface area contributed by atoms with Crippen molar-refractivity contribution in [1.82, 2.24) is 0 Å². The van der Waals surface area contributed by atoms with Crippen LogP contribution in [0, 0.1) is 52.3 Å². The maximum atomic E-state index is 11.9. The van der Waals surface area contributed by atoms with Crippen molar-refractivity contribution in [2.75, 3.05) is 13.2 Å². The smallest absolute Gasteiger partial charge is 0.200 e. The quantitative estimate of drug-likeness (QED) is 0.277. The molecule has 10 nitrogen and oxygen atoms in total. The molecule has 7 aliphatic rings. The van der Waals surface area contributed by atoms with Gasteiger partial charge in [0.2, 0.25) is 0 Å². The standard InChI is InChI=1S/C33H54O10/c1-15-14-40-33(29(39)28(15)42-30-27(38)26(37)25(36)23(13-34)41-30)16(2)24-22(43-33)12-21-19-6-5-17-11-18(35)7-9-31(17,3)20(19)8-10-32(21,24)4/h15-30,34-39H,5-14H2,1-4H3/t15-,16-,17-,18-,19+,20-,21-,22-,23+,24-,25-,26-,27+,28+,29-,30-,31-,32-,33-/m0/s1. The summed E-state index contributed by atoms with van der Waals surface area (Å²) in [5.74, 6) is 1.15. The molecule has 0 unspecified atom stereocenters. The highest BCUT2D eigenvalue weighted by atomic mass is 16.7. The van der Waals surface area contributed by atoms with Gasteiger partial charge in [-0.1, -0.05) is 27.7 Å². The first kappa shape index (κ1) is 31.2. The number of ether oxygens (including phenoxy) is 4. The van der Waals surface area contributed by atoms with Gasteiger partial charge in [-0.2, -0.15) is 0 Å². The van der Waals surface area contributed by atoms with Crippen molar-refractivity contribution in [3.63, 3.8) is 0 Å². The molecule has 1 spiro atoms. The van der Waals surface area contributed by atoms with Gasteiger partial charge in [0.05, 0.1) is 31.5 Å². The molecule has 0 aromatic rings. The van der Waals surface area contributed by atoms with Crippen molar-refractivity contribution in [1.29, 1.82) is 0 Å². The van der Waals surface area contributed by atoms with Crippen LogP contribution in [0.5, 0.6) is 0 Å². The van der Waals surface area contributed by atoms with Crippen LogP contribution in [-0.2, 0) is 18.9 Å². The largest absolute Gasteiger partial charge is 0.394 e. The predicted molar refractivity (Wildman–Crippen MR) is 153 cm³/mol. The van der Waals surface area contributed by atoms with E-state index in [2.05, 4.69) is 20.8 Å². The van der Waals surface area contributed by atoms with Crippen molar-refractivity contribution in [2.45, 2.75) is 140 Å². The van der Waals surface area contributed by atoms with Gasteiger partial charge in [0, 0.05) is 11.8 Å². The third-order valence-corrected chi connectivity index (χ3v) is 14.2. The fraction of sp³-hybridized carbons (Fsp3) is 1.00. The topological polar surface area (TPSA) is 158 Å². The number of aliphatic hydroxyl groups is 6. The molecule has 4 aliphatic carbocycles. The van der Waals surface area contributed by atoms with E-state index in [0.717, 1.165) is 32.1 Å². The van der Waals surface area contributed by atoms with Crippen molar-refractivity contribution < 1.29 is 49.6 Å². The summed E-state index contributed by atoms with van der Waals surface area (Å²) in [6.07, 6.45) is -0.426. The molecule has 3 saturated heterocycles. The van der Waals surface area contributed by atoms with E-state index >= 15 is 0 Å². The van der Waals surface area contributed by atoms with Gasteiger partial charge in [-0.3, -0.25) is 0 Å². The van der Waals surface area contributed by atoms with Crippen LogP contribution in [0.2, 0.25) is 0 Å². The van der Waals surface area contributed by atoms with E-state index in [1.165, 1.54) is 19.3 Å². The van der Waals surface area contributed by atoms with Crippen LogP contribution >= 0.6 is 0 Å². The molecular formula is C33H54O10. The minimum atomic E-state index is -1.55. The molecular weight excluding hydrogens is 556 g/mol. The van der Waals surface area contributed by atoms with Crippen LogP contribution in [0.1, 0.15) is 79.1 Å². The number of rotatable bonds is 3. The molecule has 3 heterocycles. The molecule has 0 radical (unpaired) electrons. The van der Waals surface area contributed by atoms with Crippen molar-refractivity contribution in [3.8, 4) is 0 Å². The number of aliphatic hydroxyl groups excluding tert-OH is 6. The van der Waals surface area contributed by atoms with Crippen molar-refractivity contribution in [2.24, 2.45) is 52.3 Å². The van der Waals surface area contributed by atoms with E-state index in [0.29, 0.717) is 35.7 Å². The average Bonchev–Trinajstić information content (AvgIpc) is 3.44. The van der Waals surface area contributed by atoms with Crippen LogP contribution < -0.4 is 0 Å². The first-order valence-electron chi connectivity index (χ1n) is 17.0. The highest BCUT2D eigenvalue weighted by molar-refractivity contribution is 5.17. The van der Waals surface area contributed by atoms with Crippen LogP contribution in [-0.4, -0.2) is 105 Å². The van der Waals surface area contributed by atoms with Gasteiger partial charge in [-0.25, -0.2) is 0 Å².